The van der Waals surface area contributed by atoms with Crippen molar-refractivity contribution in [2.24, 2.45) is 11.8 Å². The minimum absolute atomic E-state index is 0.00315. The maximum Gasteiger partial charge on any atom is 0.228 e. The molecule has 4 rings (SSSR count). The fraction of sp³-hybridized carbons (Fsp3) is 0.455. The topological polar surface area (TPSA) is 58.6 Å². The van der Waals surface area contributed by atoms with Gasteiger partial charge in [-0.05, 0) is 49.3 Å². The minimum Gasteiger partial charge on any atom is -0.381 e. The van der Waals surface area contributed by atoms with Gasteiger partial charge in [0.25, 0.3) is 0 Å². The lowest BCUT2D eigenvalue weighted by Crippen LogP contribution is -2.39. The van der Waals surface area contributed by atoms with Gasteiger partial charge in [-0.25, -0.2) is 0 Å². The van der Waals surface area contributed by atoms with E-state index < -0.39 is 0 Å². The van der Waals surface area contributed by atoms with Gasteiger partial charge in [0.2, 0.25) is 11.8 Å². The lowest BCUT2D eigenvalue weighted by Gasteiger charge is -2.28. The SMILES string of the molecule is Cc1ccc(N2C(=O)CC(C(=O)NCC3CCCOC3)C2c2cccs2)cc1. The second-order valence-corrected chi connectivity index (χ2v) is 8.68. The van der Waals surface area contributed by atoms with E-state index in [1.165, 1.54) is 0 Å². The summed E-state index contributed by atoms with van der Waals surface area (Å²) in [6.45, 7) is 4.16. The number of anilines is 1. The molecule has 5 nitrogen and oxygen atoms in total. The Labute approximate surface area is 169 Å². The van der Waals surface area contributed by atoms with Gasteiger partial charge in [-0.15, -0.1) is 11.3 Å². The molecule has 6 heteroatoms. The van der Waals surface area contributed by atoms with Crippen LogP contribution in [0.4, 0.5) is 5.69 Å². The first kappa shape index (κ1) is 19.2. The van der Waals surface area contributed by atoms with Crippen molar-refractivity contribution in [1.82, 2.24) is 5.32 Å². The monoisotopic (exact) mass is 398 g/mol. The predicted molar refractivity (Wildman–Crippen MR) is 110 cm³/mol. The van der Waals surface area contributed by atoms with Gasteiger partial charge < -0.3 is 15.0 Å². The van der Waals surface area contributed by atoms with Crippen molar-refractivity contribution >= 4 is 28.8 Å². The van der Waals surface area contributed by atoms with E-state index in [0.29, 0.717) is 19.1 Å². The van der Waals surface area contributed by atoms with Gasteiger partial charge in [0.1, 0.15) is 0 Å². The van der Waals surface area contributed by atoms with Crippen molar-refractivity contribution in [3.05, 3.63) is 52.2 Å². The van der Waals surface area contributed by atoms with E-state index in [1.807, 2.05) is 48.7 Å². The largest absolute Gasteiger partial charge is 0.381 e. The van der Waals surface area contributed by atoms with Crippen molar-refractivity contribution in [3.8, 4) is 0 Å². The third-order valence-electron chi connectivity index (χ3n) is 5.63. The van der Waals surface area contributed by atoms with Crippen LogP contribution in [0, 0.1) is 18.8 Å². The zero-order chi connectivity index (χ0) is 19.5. The molecular formula is C22H26N2O3S. The number of hydrogen-bond acceptors (Lipinski definition) is 4. The third kappa shape index (κ3) is 3.98. The number of aryl methyl sites for hydroxylation is 1. The van der Waals surface area contributed by atoms with Crippen LogP contribution in [0.15, 0.2) is 41.8 Å². The van der Waals surface area contributed by atoms with Crippen LogP contribution in [-0.2, 0) is 14.3 Å². The number of hydrogen-bond donors (Lipinski definition) is 1. The number of nitrogens with zero attached hydrogens (tertiary/aromatic N) is 1. The Bertz CT molecular complexity index is 813. The van der Waals surface area contributed by atoms with Crippen molar-refractivity contribution in [2.45, 2.75) is 32.2 Å². The van der Waals surface area contributed by atoms with Crippen LogP contribution in [0.3, 0.4) is 0 Å². The Morgan fingerprint density at radius 2 is 2.11 bits per heavy atom. The van der Waals surface area contributed by atoms with Crippen LogP contribution in [0.2, 0.25) is 0 Å². The summed E-state index contributed by atoms with van der Waals surface area (Å²) in [5, 5.41) is 5.09. The Kier molecular flexibility index (Phi) is 5.78. The first-order valence-corrected chi connectivity index (χ1v) is 10.8. The van der Waals surface area contributed by atoms with Crippen molar-refractivity contribution < 1.29 is 14.3 Å². The summed E-state index contributed by atoms with van der Waals surface area (Å²) in [6, 6.07) is 11.7. The number of ether oxygens (including phenoxy) is 1. The summed E-state index contributed by atoms with van der Waals surface area (Å²) in [7, 11) is 0. The summed E-state index contributed by atoms with van der Waals surface area (Å²) < 4.78 is 5.51. The smallest absolute Gasteiger partial charge is 0.228 e. The molecule has 2 aliphatic rings. The molecule has 1 aromatic carbocycles. The van der Waals surface area contributed by atoms with E-state index in [0.717, 1.165) is 35.6 Å². The summed E-state index contributed by atoms with van der Waals surface area (Å²) >= 11 is 1.60. The molecule has 1 N–H and O–H groups in total. The molecule has 2 aliphatic heterocycles. The average Bonchev–Trinajstić information content (AvgIpc) is 3.35. The second kappa shape index (κ2) is 8.45. The maximum atomic E-state index is 13.0. The summed E-state index contributed by atoms with van der Waals surface area (Å²) in [5.74, 6) is -0.0458. The fourth-order valence-corrected chi connectivity index (χ4v) is 4.99. The van der Waals surface area contributed by atoms with E-state index in [4.69, 9.17) is 4.74 Å². The highest BCUT2D eigenvalue weighted by atomic mass is 32.1. The number of nitrogens with one attached hydrogen (secondary N) is 1. The molecule has 3 heterocycles. The molecule has 0 bridgehead atoms. The quantitative estimate of drug-likeness (QED) is 0.836. The number of amides is 2. The summed E-state index contributed by atoms with van der Waals surface area (Å²) in [4.78, 5) is 28.8. The van der Waals surface area contributed by atoms with E-state index in [-0.39, 0.29) is 30.2 Å². The molecule has 0 radical (unpaired) electrons. The molecule has 2 aromatic rings. The lowest BCUT2D eigenvalue weighted by atomic mass is 9.96. The van der Waals surface area contributed by atoms with Crippen molar-refractivity contribution in [1.29, 1.82) is 0 Å². The standard InChI is InChI=1S/C22H26N2O3S/c1-15-6-8-17(9-7-15)24-20(25)12-18(21(24)19-5-3-11-28-19)22(26)23-13-16-4-2-10-27-14-16/h3,5-9,11,16,18,21H,2,4,10,12-14H2,1H3,(H,23,26). The van der Waals surface area contributed by atoms with Crippen LogP contribution in [0.25, 0.3) is 0 Å². The molecule has 3 unspecified atom stereocenters. The Balaban J connectivity index is 1.55. The van der Waals surface area contributed by atoms with Crippen LogP contribution in [-0.4, -0.2) is 31.6 Å². The van der Waals surface area contributed by atoms with E-state index >= 15 is 0 Å². The molecule has 28 heavy (non-hydrogen) atoms. The van der Waals surface area contributed by atoms with Gasteiger partial charge in [-0.1, -0.05) is 23.8 Å². The first-order valence-electron chi connectivity index (χ1n) is 9.91. The van der Waals surface area contributed by atoms with E-state index in [2.05, 4.69) is 5.32 Å². The van der Waals surface area contributed by atoms with Gasteiger partial charge in [-0.2, -0.15) is 0 Å². The van der Waals surface area contributed by atoms with Gasteiger partial charge in [0, 0.05) is 30.1 Å². The molecule has 1 aromatic heterocycles. The zero-order valence-electron chi connectivity index (χ0n) is 16.1. The normalized spacial score (nSPS) is 25.1. The Hall–Kier alpha value is -2.18. The van der Waals surface area contributed by atoms with Crippen LogP contribution >= 0.6 is 11.3 Å². The third-order valence-corrected chi connectivity index (χ3v) is 6.57. The highest BCUT2D eigenvalue weighted by Gasteiger charge is 2.45. The van der Waals surface area contributed by atoms with E-state index in [1.54, 1.807) is 16.2 Å². The first-order chi connectivity index (χ1) is 13.6. The van der Waals surface area contributed by atoms with E-state index in [9.17, 15) is 9.59 Å². The highest BCUT2D eigenvalue weighted by Crippen LogP contribution is 2.43. The maximum absolute atomic E-state index is 13.0. The predicted octanol–water partition coefficient (Wildman–Crippen LogP) is 3.69. The molecule has 0 aliphatic carbocycles. The van der Waals surface area contributed by atoms with Gasteiger partial charge >= 0.3 is 0 Å². The average molecular weight is 399 g/mol. The Morgan fingerprint density at radius 1 is 1.29 bits per heavy atom. The second-order valence-electron chi connectivity index (χ2n) is 7.70. The molecule has 3 atom stereocenters. The van der Waals surface area contributed by atoms with Gasteiger partial charge in [0.05, 0.1) is 18.6 Å². The fourth-order valence-electron chi connectivity index (χ4n) is 4.11. The molecule has 2 saturated heterocycles. The number of carbonyl (C=O) groups excluding carboxylic acids is 2. The molecule has 148 valence electrons. The van der Waals surface area contributed by atoms with Crippen LogP contribution < -0.4 is 10.2 Å². The highest BCUT2D eigenvalue weighted by molar-refractivity contribution is 7.10. The lowest BCUT2D eigenvalue weighted by molar-refractivity contribution is -0.127. The molecule has 0 spiro atoms. The van der Waals surface area contributed by atoms with Crippen LogP contribution in [0.5, 0.6) is 0 Å². The molecule has 2 fully saturated rings. The van der Waals surface area contributed by atoms with Crippen molar-refractivity contribution in [2.75, 3.05) is 24.7 Å². The molecular weight excluding hydrogens is 372 g/mol. The molecule has 2 amide bonds. The molecule has 0 saturated carbocycles. The van der Waals surface area contributed by atoms with Crippen LogP contribution in [0.1, 0.15) is 35.7 Å². The number of carbonyl (C=O) groups is 2. The van der Waals surface area contributed by atoms with Gasteiger partial charge in [-0.3, -0.25) is 9.59 Å². The number of benzene rings is 1. The number of rotatable bonds is 5. The summed E-state index contributed by atoms with van der Waals surface area (Å²) in [6.07, 6.45) is 2.36. The van der Waals surface area contributed by atoms with Gasteiger partial charge in [0.15, 0.2) is 0 Å². The number of thiophene rings is 1. The van der Waals surface area contributed by atoms with Crippen molar-refractivity contribution in [3.63, 3.8) is 0 Å². The minimum atomic E-state index is -0.378. The Morgan fingerprint density at radius 3 is 2.79 bits per heavy atom. The zero-order valence-corrected chi connectivity index (χ0v) is 16.9. The summed E-state index contributed by atoms with van der Waals surface area (Å²) in [5.41, 5.74) is 2.00.